The van der Waals surface area contributed by atoms with Crippen molar-refractivity contribution in [3.8, 4) is 0 Å². The summed E-state index contributed by atoms with van der Waals surface area (Å²) in [6, 6.07) is 9.18. The molecule has 2 aliphatic rings. The van der Waals surface area contributed by atoms with Gasteiger partial charge in [0.05, 0.1) is 0 Å². The van der Waals surface area contributed by atoms with Gasteiger partial charge in [-0.3, -0.25) is 4.79 Å². The van der Waals surface area contributed by atoms with Crippen molar-refractivity contribution in [3.63, 3.8) is 0 Å². The second-order valence-electron chi connectivity index (χ2n) is 6.38. The zero-order valence-electron chi connectivity index (χ0n) is 12.5. The van der Waals surface area contributed by atoms with Gasteiger partial charge in [-0.1, -0.05) is 18.6 Å². The van der Waals surface area contributed by atoms with Crippen LogP contribution in [0.25, 0.3) is 0 Å². The molecule has 2 bridgehead atoms. The average Bonchev–Trinajstić information content (AvgIpc) is 2.48. The van der Waals surface area contributed by atoms with E-state index in [2.05, 4.69) is 17.3 Å². The van der Waals surface area contributed by atoms with Crippen molar-refractivity contribution in [3.05, 3.63) is 35.4 Å². The Hall–Kier alpha value is -1.06. The van der Waals surface area contributed by atoms with E-state index in [1.54, 1.807) is 0 Å². The fourth-order valence-corrected chi connectivity index (χ4v) is 3.96. The third kappa shape index (κ3) is 3.24. The second kappa shape index (κ2) is 6.37. The molecule has 3 rings (SSSR count). The van der Waals surface area contributed by atoms with Crippen LogP contribution in [-0.2, 0) is 5.88 Å². The van der Waals surface area contributed by atoms with Gasteiger partial charge in [-0.2, -0.15) is 0 Å². The van der Waals surface area contributed by atoms with Gasteiger partial charge in [-0.15, -0.1) is 11.6 Å². The Kier molecular flexibility index (Phi) is 4.51. The van der Waals surface area contributed by atoms with Crippen LogP contribution >= 0.6 is 11.6 Å². The molecule has 21 heavy (non-hydrogen) atoms. The lowest BCUT2D eigenvalue weighted by molar-refractivity contribution is 0.0463. The summed E-state index contributed by atoms with van der Waals surface area (Å²) in [6.07, 6.45) is 6.02. The number of nitrogens with zero attached hydrogens (tertiary/aromatic N) is 1. The highest BCUT2D eigenvalue weighted by atomic mass is 35.5. The molecule has 114 valence electrons. The topological polar surface area (TPSA) is 32.3 Å². The van der Waals surface area contributed by atoms with Crippen molar-refractivity contribution in [1.29, 1.82) is 0 Å². The maximum atomic E-state index is 12.4. The van der Waals surface area contributed by atoms with E-state index in [9.17, 15) is 4.79 Å². The van der Waals surface area contributed by atoms with E-state index in [0.717, 1.165) is 24.0 Å². The van der Waals surface area contributed by atoms with E-state index in [1.807, 2.05) is 24.3 Å². The summed E-state index contributed by atoms with van der Waals surface area (Å²) in [5, 5.41) is 3.23. The number of carbonyl (C=O) groups is 1. The van der Waals surface area contributed by atoms with Crippen LogP contribution in [-0.4, -0.2) is 36.0 Å². The molecule has 0 radical (unpaired) electrons. The quantitative estimate of drug-likeness (QED) is 0.870. The predicted octanol–water partition coefficient (Wildman–Crippen LogP) is 3.17. The number of piperidine rings is 2. The van der Waals surface area contributed by atoms with E-state index in [4.69, 9.17) is 11.6 Å². The second-order valence-corrected chi connectivity index (χ2v) is 6.65. The van der Waals surface area contributed by atoms with Gasteiger partial charge < -0.3 is 10.2 Å². The van der Waals surface area contributed by atoms with Gasteiger partial charge in [0.1, 0.15) is 0 Å². The first-order valence-electron chi connectivity index (χ1n) is 7.85. The lowest BCUT2D eigenvalue weighted by atomic mass is 9.82. The van der Waals surface area contributed by atoms with Crippen molar-refractivity contribution >= 4 is 17.5 Å². The van der Waals surface area contributed by atoms with Crippen LogP contribution in [0.4, 0.5) is 0 Å². The molecule has 0 aromatic heterocycles. The molecule has 2 fully saturated rings. The molecule has 4 heteroatoms. The standard InChI is InChI=1S/C17H23ClN2O/c1-20-15-6-3-7-16(20)10-14(9-15)19-17(21)13-5-2-4-12(8-13)11-18/h2,4-5,8,14-16H,3,6-7,9-11H2,1H3,(H,19,21). The monoisotopic (exact) mass is 306 g/mol. The number of halogens is 1. The largest absolute Gasteiger partial charge is 0.349 e. The van der Waals surface area contributed by atoms with E-state index >= 15 is 0 Å². The van der Waals surface area contributed by atoms with E-state index < -0.39 is 0 Å². The predicted molar refractivity (Wildman–Crippen MR) is 85.7 cm³/mol. The number of alkyl halides is 1. The van der Waals surface area contributed by atoms with Crippen molar-refractivity contribution < 1.29 is 4.79 Å². The Morgan fingerprint density at radius 3 is 2.71 bits per heavy atom. The third-order valence-corrected chi connectivity index (χ3v) is 5.33. The lowest BCUT2D eigenvalue weighted by Crippen LogP contribution is -2.55. The number of carbonyl (C=O) groups excluding carboxylic acids is 1. The first-order chi connectivity index (χ1) is 10.2. The van der Waals surface area contributed by atoms with Crippen LogP contribution in [0, 0.1) is 0 Å². The van der Waals surface area contributed by atoms with Crippen LogP contribution in [0.3, 0.4) is 0 Å². The van der Waals surface area contributed by atoms with Gasteiger partial charge in [0.15, 0.2) is 0 Å². The van der Waals surface area contributed by atoms with Gasteiger partial charge in [0.25, 0.3) is 5.91 Å². The molecular weight excluding hydrogens is 284 g/mol. The van der Waals surface area contributed by atoms with Crippen LogP contribution in [0.15, 0.2) is 24.3 Å². The molecular formula is C17H23ClN2O. The average molecular weight is 307 g/mol. The van der Waals surface area contributed by atoms with Crippen molar-refractivity contribution in [2.75, 3.05) is 7.05 Å². The van der Waals surface area contributed by atoms with Gasteiger partial charge in [-0.05, 0) is 50.4 Å². The molecule has 3 nitrogen and oxygen atoms in total. The van der Waals surface area contributed by atoms with Crippen molar-refractivity contribution in [2.24, 2.45) is 0 Å². The van der Waals surface area contributed by atoms with Gasteiger partial charge in [0.2, 0.25) is 0 Å². The summed E-state index contributed by atoms with van der Waals surface area (Å²) >= 11 is 5.84. The highest BCUT2D eigenvalue weighted by Gasteiger charge is 2.36. The molecule has 0 saturated carbocycles. The minimum atomic E-state index is 0.0367. The fraction of sp³-hybridized carbons (Fsp3) is 0.588. The normalized spacial score (nSPS) is 29.1. The number of hydrogen-bond donors (Lipinski definition) is 1. The molecule has 1 N–H and O–H groups in total. The summed E-state index contributed by atoms with van der Waals surface area (Å²) in [4.78, 5) is 14.9. The van der Waals surface area contributed by atoms with E-state index in [0.29, 0.717) is 24.0 Å². The SMILES string of the molecule is CN1C2CCCC1CC(NC(=O)c1cccc(CCl)c1)C2. The molecule has 1 aromatic rings. The smallest absolute Gasteiger partial charge is 0.251 e. The summed E-state index contributed by atoms with van der Waals surface area (Å²) in [5.41, 5.74) is 1.71. The maximum Gasteiger partial charge on any atom is 0.251 e. The Morgan fingerprint density at radius 1 is 1.33 bits per heavy atom. The minimum absolute atomic E-state index is 0.0367. The van der Waals surface area contributed by atoms with Crippen molar-refractivity contribution in [2.45, 2.75) is 56.1 Å². The highest BCUT2D eigenvalue weighted by molar-refractivity contribution is 6.17. The van der Waals surface area contributed by atoms with Crippen LogP contribution in [0.2, 0.25) is 0 Å². The number of fused-ring (bicyclic) bond motifs is 2. The van der Waals surface area contributed by atoms with Crippen LogP contribution < -0.4 is 5.32 Å². The molecule has 0 aliphatic carbocycles. The maximum absolute atomic E-state index is 12.4. The summed E-state index contributed by atoms with van der Waals surface area (Å²) < 4.78 is 0. The molecule has 0 spiro atoms. The Labute approximate surface area is 131 Å². The number of nitrogens with one attached hydrogen (secondary N) is 1. The van der Waals surface area contributed by atoms with E-state index in [-0.39, 0.29) is 5.91 Å². The molecule has 2 heterocycles. The number of hydrogen-bond acceptors (Lipinski definition) is 2. The van der Waals surface area contributed by atoms with Crippen LogP contribution in [0.5, 0.6) is 0 Å². The molecule has 1 aromatic carbocycles. The first kappa shape index (κ1) is 14.9. The minimum Gasteiger partial charge on any atom is -0.349 e. The summed E-state index contributed by atoms with van der Waals surface area (Å²) in [7, 11) is 2.23. The number of benzene rings is 1. The van der Waals surface area contributed by atoms with Crippen molar-refractivity contribution in [1.82, 2.24) is 10.2 Å². The zero-order chi connectivity index (χ0) is 14.8. The highest BCUT2D eigenvalue weighted by Crippen LogP contribution is 2.32. The molecule has 2 atom stereocenters. The Morgan fingerprint density at radius 2 is 2.05 bits per heavy atom. The van der Waals surface area contributed by atoms with Gasteiger partial charge in [-0.25, -0.2) is 0 Å². The summed E-state index contributed by atoms with van der Waals surface area (Å²) in [5.74, 6) is 0.481. The third-order valence-electron chi connectivity index (χ3n) is 5.02. The lowest BCUT2D eigenvalue weighted by Gasteiger charge is -2.47. The molecule has 2 aliphatic heterocycles. The molecule has 1 amide bonds. The van der Waals surface area contributed by atoms with Gasteiger partial charge in [0, 0.05) is 29.6 Å². The fourth-order valence-electron chi connectivity index (χ4n) is 3.80. The van der Waals surface area contributed by atoms with Gasteiger partial charge >= 0.3 is 0 Å². The van der Waals surface area contributed by atoms with Crippen LogP contribution in [0.1, 0.15) is 48.0 Å². The van der Waals surface area contributed by atoms with E-state index in [1.165, 1.54) is 19.3 Å². The number of amides is 1. The first-order valence-corrected chi connectivity index (χ1v) is 8.38. The number of rotatable bonds is 3. The summed E-state index contributed by atoms with van der Waals surface area (Å²) in [6.45, 7) is 0. The molecule has 2 saturated heterocycles. The Balaban J connectivity index is 1.65. The molecule has 2 unspecified atom stereocenters. The zero-order valence-corrected chi connectivity index (χ0v) is 13.3. The Bertz CT molecular complexity index is 505.